The third-order valence-corrected chi connectivity index (χ3v) is 1.56. The Balaban J connectivity index is 3.01. The quantitative estimate of drug-likeness (QED) is 0.740. The summed E-state index contributed by atoms with van der Waals surface area (Å²) in [6, 6.07) is -0.194. The maximum atomic E-state index is 12.1. The summed E-state index contributed by atoms with van der Waals surface area (Å²) in [6.07, 6.45) is -3.75. The lowest BCUT2D eigenvalue weighted by Gasteiger charge is -2.09. The van der Waals surface area contributed by atoms with Gasteiger partial charge in [-0.2, -0.15) is 13.2 Å². The molecule has 0 amide bonds. The van der Waals surface area contributed by atoms with Crippen LogP contribution in [0.4, 0.5) is 13.2 Å². The first-order chi connectivity index (χ1) is 6.45. The van der Waals surface area contributed by atoms with Crippen molar-refractivity contribution in [1.82, 2.24) is 9.97 Å². The molecule has 1 aromatic heterocycles. The lowest BCUT2D eigenvalue weighted by molar-refractivity contribution is -0.141. The minimum Gasteiger partial charge on any atom is -0.394 e. The van der Waals surface area contributed by atoms with Crippen molar-refractivity contribution in [3.63, 3.8) is 0 Å². The van der Waals surface area contributed by atoms with Gasteiger partial charge in [-0.25, -0.2) is 9.97 Å². The van der Waals surface area contributed by atoms with Gasteiger partial charge in [0.15, 0.2) is 0 Å². The first-order valence-electron chi connectivity index (χ1n) is 3.70. The highest BCUT2D eigenvalue weighted by molar-refractivity contribution is 5.14. The average Bonchev–Trinajstić information content (AvgIpc) is 2.15. The molecule has 1 heterocycles. The molecule has 0 bridgehead atoms. The number of halogens is 3. The molecule has 7 heteroatoms. The van der Waals surface area contributed by atoms with Gasteiger partial charge in [0.1, 0.15) is 12.0 Å². The Labute approximate surface area is 77.6 Å². The number of hydrogen-bond acceptors (Lipinski definition) is 4. The molecule has 0 fully saturated rings. The fraction of sp³-hybridized carbons (Fsp3) is 0.429. The predicted molar refractivity (Wildman–Crippen MR) is 41.0 cm³/mol. The number of rotatable bonds is 2. The molecule has 0 aliphatic carbocycles. The second-order valence-electron chi connectivity index (χ2n) is 2.61. The Bertz CT molecular complexity index is 315. The minimum atomic E-state index is -4.52. The minimum absolute atomic E-state index is 0.0326. The van der Waals surface area contributed by atoms with Crippen LogP contribution in [-0.2, 0) is 6.18 Å². The van der Waals surface area contributed by atoms with Crippen LogP contribution < -0.4 is 5.73 Å². The van der Waals surface area contributed by atoms with Crippen molar-refractivity contribution >= 4 is 0 Å². The van der Waals surface area contributed by atoms with Crippen LogP contribution in [0.2, 0.25) is 0 Å². The molecule has 1 aromatic rings. The van der Waals surface area contributed by atoms with Gasteiger partial charge in [0.05, 0.1) is 18.3 Å². The number of alkyl halides is 3. The first-order valence-corrected chi connectivity index (χ1v) is 3.70. The largest absolute Gasteiger partial charge is 0.433 e. The van der Waals surface area contributed by atoms with Gasteiger partial charge in [-0.05, 0) is 6.07 Å². The van der Waals surface area contributed by atoms with Crippen molar-refractivity contribution in [2.24, 2.45) is 5.73 Å². The van der Waals surface area contributed by atoms with Crippen LogP contribution in [0.25, 0.3) is 0 Å². The molecule has 0 saturated heterocycles. The molecule has 0 radical (unpaired) electrons. The molecule has 0 aromatic carbocycles. The summed E-state index contributed by atoms with van der Waals surface area (Å²) >= 11 is 0. The van der Waals surface area contributed by atoms with E-state index < -0.39 is 24.5 Å². The van der Waals surface area contributed by atoms with Gasteiger partial charge in [0, 0.05) is 0 Å². The maximum Gasteiger partial charge on any atom is 0.433 e. The van der Waals surface area contributed by atoms with E-state index in [0.717, 1.165) is 12.4 Å². The second-order valence-corrected chi connectivity index (χ2v) is 2.61. The van der Waals surface area contributed by atoms with Gasteiger partial charge in [0.25, 0.3) is 0 Å². The molecule has 0 aliphatic rings. The smallest absolute Gasteiger partial charge is 0.394 e. The number of aliphatic hydroxyl groups is 1. The number of hydrogen-bond donors (Lipinski definition) is 2. The zero-order valence-electron chi connectivity index (χ0n) is 6.99. The summed E-state index contributed by atoms with van der Waals surface area (Å²) in [4.78, 5) is 6.58. The molecule has 1 rings (SSSR count). The average molecular weight is 207 g/mol. The van der Waals surface area contributed by atoms with Crippen LogP contribution >= 0.6 is 0 Å². The van der Waals surface area contributed by atoms with Crippen molar-refractivity contribution in [2.45, 2.75) is 12.2 Å². The molecule has 78 valence electrons. The highest BCUT2D eigenvalue weighted by Gasteiger charge is 2.33. The summed E-state index contributed by atoms with van der Waals surface area (Å²) in [5, 5.41) is 8.62. The molecule has 14 heavy (non-hydrogen) atoms. The molecule has 0 aliphatic heterocycles. The Morgan fingerprint density at radius 2 is 2.07 bits per heavy atom. The fourth-order valence-corrected chi connectivity index (χ4v) is 0.824. The third-order valence-electron chi connectivity index (χ3n) is 1.56. The van der Waals surface area contributed by atoms with Gasteiger partial charge < -0.3 is 10.8 Å². The molecule has 0 saturated carbocycles. The lowest BCUT2D eigenvalue weighted by atomic mass is 10.2. The summed E-state index contributed by atoms with van der Waals surface area (Å²) in [6.45, 7) is -0.464. The van der Waals surface area contributed by atoms with Crippen LogP contribution in [0.5, 0.6) is 0 Å². The Kier molecular flexibility index (Phi) is 3.02. The van der Waals surface area contributed by atoms with Crippen molar-refractivity contribution in [2.75, 3.05) is 6.61 Å². The van der Waals surface area contributed by atoms with E-state index in [1.807, 2.05) is 0 Å². The van der Waals surface area contributed by atoms with Gasteiger partial charge in [-0.1, -0.05) is 0 Å². The van der Waals surface area contributed by atoms with Gasteiger partial charge in [-0.3, -0.25) is 0 Å². The van der Waals surface area contributed by atoms with E-state index in [4.69, 9.17) is 10.8 Å². The number of nitrogens with two attached hydrogens (primary N) is 1. The lowest BCUT2D eigenvalue weighted by Crippen LogP contribution is -2.18. The number of aromatic nitrogens is 2. The number of aliphatic hydroxyl groups excluding tert-OH is 1. The normalized spacial score (nSPS) is 14.1. The van der Waals surface area contributed by atoms with E-state index in [-0.39, 0.29) is 5.69 Å². The first kappa shape index (κ1) is 10.9. The predicted octanol–water partition coefficient (Wildman–Crippen LogP) is 0.488. The van der Waals surface area contributed by atoms with Crippen LogP contribution in [0.3, 0.4) is 0 Å². The van der Waals surface area contributed by atoms with E-state index in [1.165, 1.54) is 0 Å². The van der Waals surface area contributed by atoms with E-state index >= 15 is 0 Å². The summed E-state index contributed by atoms with van der Waals surface area (Å²) < 4.78 is 36.4. The van der Waals surface area contributed by atoms with E-state index in [2.05, 4.69) is 9.97 Å². The molecular formula is C7H8F3N3O. The Hall–Kier alpha value is -1.21. The molecule has 0 spiro atoms. The van der Waals surface area contributed by atoms with Crippen molar-refractivity contribution in [3.8, 4) is 0 Å². The van der Waals surface area contributed by atoms with Crippen molar-refractivity contribution in [3.05, 3.63) is 23.8 Å². The highest BCUT2D eigenvalue weighted by Crippen LogP contribution is 2.27. The third kappa shape index (κ3) is 2.39. The van der Waals surface area contributed by atoms with Gasteiger partial charge in [0.2, 0.25) is 0 Å². The van der Waals surface area contributed by atoms with Crippen LogP contribution in [0, 0.1) is 0 Å². The molecule has 1 atom stereocenters. The van der Waals surface area contributed by atoms with Gasteiger partial charge in [-0.15, -0.1) is 0 Å². The van der Waals surface area contributed by atoms with Crippen molar-refractivity contribution < 1.29 is 18.3 Å². The second kappa shape index (κ2) is 3.89. The molecule has 3 N–H and O–H groups in total. The highest BCUT2D eigenvalue weighted by atomic mass is 19.4. The number of nitrogens with zero attached hydrogens (tertiary/aromatic N) is 2. The topological polar surface area (TPSA) is 72.0 Å². The Morgan fingerprint density at radius 3 is 2.57 bits per heavy atom. The zero-order chi connectivity index (χ0) is 10.8. The van der Waals surface area contributed by atoms with E-state index in [9.17, 15) is 13.2 Å². The van der Waals surface area contributed by atoms with Crippen molar-refractivity contribution in [1.29, 1.82) is 0 Å². The van der Waals surface area contributed by atoms with Crippen LogP contribution in [-0.4, -0.2) is 21.7 Å². The summed E-state index contributed by atoms with van der Waals surface area (Å²) in [5.41, 5.74) is 4.20. The Morgan fingerprint density at radius 1 is 1.43 bits per heavy atom. The van der Waals surface area contributed by atoms with E-state index in [1.54, 1.807) is 0 Å². The zero-order valence-corrected chi connectivity index (χ0v) is 6.99. The monoisotopic (exact) mass is 207 g/mol. The molecule has 1 unspecified atom stereocenters. The summed E-state index contributed by atoms with van der Waals surface area (Å²) in [5.74, 6) is 0. The maximum absolute atomic E-state index is 12.1. The molecular weight excluding hydrogens is 199 g/mol. The van der Waals surface area contributed by atoms with Gasteiger partial charge >= 0.3 is 6.18 Å². The standard InChI is InChI=1S/C7H8F3N3O/c8-7(9,10)6-1-5(4(11)2-14)12-3-13-6/h1,3-4,14H,2,11H2. The SMILES string of the molecule is NC(CO)c1cc(C(F)(F)F)ncn1. The van der Waals surface area contributed by atoms with E-state index in [0.29, 0.717) is 0 Å². The molecule has 4 nitrogen and oxygen atoms in total. The van der Waals surface area contributed by atoms with Crippen LogP contribution in [0.1, 0.15) is 17.4 Å². The fourth-order valence-electron chi connectivity index (χ4n) is 0.824. The van der Waals surface area contributed by atoms with Crippen LogP contribution in [0.15, 0.2) is 12.4 Å². The summed E-state index contributed by atoms with van der Waals surface area (Å²) in [7, 11) is 0.